The molecule has 0 radical (unpaired) electrons. The summed E-state index contributed by atoms with van der Waals surface area (Å²) in [5.41, 5.74) is 0.409. The molecule has 0 saturated carbocycles. The molecule has 0 aromatic heterocycles. The van der Waals surface area contributed by atoms with Crippen LogP contribution in [0, 0.1) is 0 Å². The standard InChI is InChI=1S/C12H13NOS/c1-10(14)8-12(2,13-9-15)11-6-4-3-5-7-11/h3-7H,8H2,1-2H3. The van der Waals surface area contributed by atoms with Crippen molar-refractivity contribution in [2.75, 3.05) is 0 Å². The van der Waals surface area contributed by atoms with E-state index in [1.54, 1.807) is 6.92 Å². The first-order valence-electron chi connectivity index (χ1n) is 4.72. The van der Waals surface area contributed by atoms with Crippen molar-refractivity contribution in [1.82, 2.24) is 0 Å². The van der Waals surface area contributed by atoms with Gasteiger partial charge in [-0.2, -0.15) is 0 Å². The van der Waals surface area contributed by atoms with Crippen molar-refractivity contribution in [3.05, 3.63) is 35.9 Å². The van der Waals surface area contributed by atoms with Crippen molar-refractivity contribution in [3.8, 4) is 0 Å². The predicted molar refractivity (Wildman–Crippen MR) is 64.1 cm³/mol. The van der Waals surface area contributed by atoms with Crippen LogP contribution in [-0.4, -0.2) is 10.9 Å². The maximum Gasteiger partial charge on any atom is 0.132 e. The fraction of sp³-hybridized carbons (Fsp3) is 0.333. The van der Waals surface area contributed by atoms with E-state index in [0.717, 1.165) is 5.56 Å². The summed E-state index contributed by atoms with van der Waals surface area (Å²) in [6, 6.07) is 9.66. The number of isothiocyanates is 1. The average molecular weight is 219 g/mol. The van der Waals surface area contributed by atoms with Crippen molar-refractivity contribution >= 4 is 23.2 Å². The molecule has 3 heteroatoms. The normalized spacial score (nSPS) is 13.7. The molecule has 0 amide bonds. The number of hydrogen-bond donors (Lipinski definition) is 0. The van der Waals surface area contributed by atoms with Crippen molar-refractivity contribution < 1.29 is 4.79 Å². The highest BCUT2D eigenvalue weighted by Gasteiger charge is 2.26. The molecule has 0 aliphatic rings. The lowest BCUT2D eigenvalue weighted by Gasteiger charge is -2.22. The molecule has 78 valence electrons. The molecular weight excluding hydrogens is 206 g/mol. The van der Waals surface area contributed by atoms with Gasteiger partial charge < -0.3 is 0 Å². The zero-order valence-electron chi connectivity index (χ0n) is 8.86. The third-order valence-electron chi connectivity index (χ3n) is 2.28. The van der Waals surface area contributed by atoms with E-state index in [1.807, 2.05) is 37.3 Å². The van der Waals surface area contributed by atoms with Gasteiger partial charge in [0.15, 0.2) is 0 Å². The fourth-order valence-electron chi connectivity index (χ4n) is 1.59. The minimum Gasteiger partial charge on any atom is -0.300 e. The number of benzene rings is 1. The number of carbonyl (C=O) groups excluding carboxylic acids is 1. The van der Waals surface area contributed by atoms with Crippen LogP contribution in [0.25, 0.3) is 0 Å². The molecule has 15 heavy (non-hydrogen) atoms. The van der Waals surface area contributed by atoms with Crippen LogP contribution in [0.1, 0.15) is 25.8 Å². The Bertz CT molecular complexity index is 395. The minimum atomic E-state index is -0.575. The molecule has 1 aromatic carbocycles. The largest absolute Gasteiger partial charge is 0.300 e. The number of carbonyl (C=O) groups is 1. The van der Waals surface area contributed by atoms with Crippen LogP contribution in [0.2, 0.25) is 0 Å². The third kappa shape index (κ3) is 3.08. The van der Waals surface area contributed by atoms with E-state index in [2.05, 4.69) is 22.4 Å². The number of hydrogen-bond acceptors (Lipinski definition) is 3. The molecule has 0 bridgehead atoms. The summed E-state index contributed by atoms with van der Waals surface area (Å²) in [5.74, 6) is 0.0929. The van der Waals surface area contributed by atoms with Crippen LogP contribution in [0.3, 0.4) is 0 Å². The maximum atomic E-state index is 11.2. The summed E-state index contributed by atoms with van der Waals surface area (Å²) < 4.78 is 0. The summed E-state index contributed by atoms with van der Waals surface area (Å²) >= 11 is 4.62. The molecular formula is C12H13NOS. The fourth-order valence-corrected chi connectivity index (χ4v) is 1.79. The maximum absolute atomic E-state index is 11.2. The molecule has 1 rings (SSSR count). The zero-order valence-corrected chi connectivity index (χ0v) is 9.67. The van der Waals surface area contributed by atoms with E-state index < -0.39 is 5.54 Å². The van der Waals surface area contributed by atoms with Gasteiger partial charge >= 0.3 is 0 Å². The van der Waals surface area contributed by atoms with Gasteiger partial charge in [0, 0.05) is 6.42 Å². The number of Topliss-reactive ketones (excluding diaryl/α,β-unsaturated/α-hetero) is 1. The highest BCUT2D eigenvalue weighted by Crippen LogP contribution is 2.28. The third-order valence-corrected chi connectivity index (χ3v) is 2.37. The first-order valence-corrected chi connectivity index (χ1v) is 5.13. The van der Waals surface area contributed by atoms with Gasteiger partial charge in [0.1, 0.15) is 5.78 Å². The Morgan fingerprint density at radius 2 is 2.07 bits per heavy atom. The summed E-state index contributed by atoms with van der Waals surface area (Å²) in [6.45, 7) is 3.45. The Kier molecular flexibility index (Phi) is 3.89. The van der Waals surface area contributed by atoms with E-state index in [-0.39, 0.29) is 5.78 Å². The van der Waals surface area contributed by atoms with Gasteiger partial charge in [0.25, 0.3) is 0 Å². The van der Waals surface area contributed by atoms with Crippen molar-refractivity contribution in [1.29, 1.82) is 0 Å². The van der Waals surface area contributed by atoms with Crippen LogP contribution in [0.4, 0.5) is 0 Å². The number of aliphatic imine (C=N–C) groups is 1. The first kappa shape index (κ1) is 11.8. The summed E-state index contributed by atoms with van der Waals surface area (Å²) in [6.07, 6.45) is 0.348. The number of ketones is 1. The van der Waals surface area contributed by atoms with Crippen molar-refractivity contribution in [2.24, 2.45) is 4.99 Å². The van der Waals surface area contributed by atoms with Crippen LogP contribution in [0.15, 0.2) is 35.3 Å². The number of rotatable bonds is 4. The van der Waals surface area contributed by atoms with E-state index >= 15 is 0 Å². The Hall–Kier alpha value is -1.31. The van der Waals surface area contributed by atoms with Crippen LogP contribution in [0.5, 0.6) is 0 Å². The van der Waals surface area contributed by atoms with E-state index in [4.69, 9.17) is 0 Å². The highest BCUT2D eigenvalue weighted by molar-refractivity contribution is 7.78. The Balaban J connectivity index is 3.12. The van der Waals surface area contributed by atoms with Gasteiger partial charge in [-0.05, 0) is 31.6 Å². The van der Waals surface area contributed by atoms with Crippen molar-refractivity contribution in [3.63, 3.8) is 0 Å². The molecule has 1 unspecified atom stereocenters. The molecule has 0 aliphatic heterocycles. The molecule has 0 saturated heterocycles. The molecule has 1 aromatic rings. The topological polar surface area (TPSA) is 29.4 Å². The van der Waals surface area contributed by atoms with Gasteiger partial charge in [-0.1, -0.05) is 30.3 Å². The van der Waals surface area contributed by atoms with Gasteiger partial charge in [-0.25, -0.2) is 4.99 Å². The van der Waals surface area contributed by atoms with Crippen LogP contribution < -0.4 is 0 Å². The Morgan fingerprint density at radius 3 is 2.53 bits per heavy atom. The van der Waals surface area contributed by atoms with E-state index in [9.17, 15) is 4.79 Å². The lowest BCUT2D eigenvalue weighted by atomic mass is 9.88. The number of nitrogens with zero attached hydrogens (tertiary/aromatic N) is 1. The average Bonchev–Trinajstić information content (AvgIpc) is 2.18. The SMILES string of the molecule is CC(=O)CC(C)(N=C=S)c1ccccc1. The van der Waals surface area contributed by atoms with Crippen LogP contribution in [-0.2, 0) is 10.3 Å². The monoisotopic (exact) mass is 219 g/mol. The summed E-state index contributed by atoms with van der Waals surface area (Å²) in [7, 11) is 0. The lowest BCUT2D eigenvalue weighted by molar-refractivity contribution is -0.118. The Labute approximate surface area is 95.0 Å². The molecule has 0 aliphatic carbocycles. The molecule has 2 nitrogen and oxygen atoms in total. The van der Waals surface area contributed by atoms with Gasteiger partial charge in [-0.3, -0.25) is 4.79 Å². The first-order chi connectivity index (χ1) is 7.08. The molecule has 0 N–H and O–H groups in total. The Morgan fingerprint density at radius 1 is 1.47 bits per heavy atom. The van der Waals surface area contributed by atoms with Gasteiger partial charge in [-0.15, -0.1) is 0 Å². The predicted octanol–water partition coefficient (Wildman–Crippen LogP) is 2.98. The molecule has 0 heterocycles. The highest BCUT2D eigenvalue weighted by atomic mass is 32.1. The second-order valence-electron chi connectivity index (χ2n) is 3.72. The van der Waals surface area contributed by atoms with E-state index in [0.29, 0.717) is 6.42 Å². The summed E-state index contributed by atoms with van der Waals surface area (Å²) in [4.78, 5) is 15.3. The van der Waals surface area contributed by atoms with Gasteiger partial charge in [0.05, 0.1) is 10.7 Å². The summed E-state index contributed by atoms with van der Waals surface area (Å²) in [5, 5.41) is 2.37. The lowest BCUT2D eigenvalue weighted by Crippen LogP contribution is -2.22. The minimum absolute atomic E-state index is 0.0929. The van der Waals surface area contributed by atoms with Gasteiger partial charge in [0.2, 0.25) is 0 Å². The zero-order chi connectivity index (χ0) is 11.3. The van der Waals surface area contributed by atoms with E-state index in [1.165, 1.54) is 0 Å². The molecule has 1 atom stereocenters. The second-order valence-corrected chi connectivity index (χ2v) is 3.90. The second kappa shape index (κ2) is 4.96. The smallest absolute Gasteiger partial charge is 0.132 e. The molecule has 0 fully saturated rings. The molecule has 0 spiro atoms. The van der Waals surface area contributed by atoms with Crippen molar-refractivity contribution in [2.45, 2.75) is 25.8 Å². The number of thiocarbonyl (C=S) groups is 1. The van der Waals surface area contributed by atoms with Crippen LogP contribution >= 0.6 is 12.2 Å². The quantitative estimate of drug-likeness (QED) is 0.575.